The number of hydrogen-bond donors (Lipinski definition) is 2. The Bertz CT molecular complexity index is 641. The maximum absolute atomic E-state index is 13.1. The first-order chi connectivity index (χ1) is 12.0. The van der Waals surface area contributed by atoms with Crippen molar-refractivity contribution in [3.8, 4) is 0 Å². The molecule has 25 heavy (non-hydrogen) atoms. The fraction of sp³-hybridized carbons (Fsp3) is 0.778. The van der Waals surface area contributed by atoms with Crippen LogP contribution in [-0.2, 0) is 20.7 Å². The molecule has 0 aromatic carbocycles. The lowest BCUT2D eigenvalue weighted by atomic mass is 9.66. The van der Waals surface area contributed by atoms with E-state index in [0.29, 0.717) is 45.8 Å². The van der Waals surface area contributed by atoms with E-state index >= 15 is 0 Å². The van der Waals surface area contributed by atoms with Crippen LogP contribution in [0.5, 0.6) is 0 Å². The molecular weight excluding hydrogens is 322 g/mol. The molecule has 138 valence electrons. The van der Waals surface area contributed by atoms with E-state index in [9.17, 15) is 9.90 Å². The van der Waals surface area contributed by atoms with Gasteiger partial charge in [0.1, 0.15) is 0 Å². The van der Waals surface area contributed by atoms with Crippen LogP contribution in [0.4, 0.5) is 0 Å². The summed E-state index contributed by atoms with van der Waals surface area (Å²) < 4.78 is 11.3. The van der Waals surface area contributed by atoms with Crippen molar-refractivity contribution in [1.29, 1.82) is 0 Å². The van der Waals surface area contributed by atoms with Crippen LogP contribution in [-0.4, -0.2) is 70.7 Å². The van der Waals surface area contributed by atoms with Gasteiger partial charge >= 0.3 is 0 Å². The Morgan fingerprint density at radius 1 is 1.36 bits per heavy atom. The maximum Gasteiger partial charge on any atom is 0.227 e. The molecule has 0 radical (unpaired) electrons. The molecule has 0 unspecified atom stereocenters. The van der Waals surface area contributed by atoms with Gasteiger partial charge in [-0.25, -0.2) is 0 Å². The molecule has 0 saturated carbocycles. The number of carbonyl (C=O) groups excluding carboxylic acids is 1. The minimum absolute atomic E-state index is 0.0283. The molecule has 3 saturated heterocycles. The Morgan fingerprint density at radius 3 is 2.92 bits per heavy atom. The van der Waals surface area contributed by atoms with Crippen molar-refractivity contribution in [3.05, 3.63) is 17.0 Å². The topological polar surface area (TPSA) is 87.7 Å². The number of aryl methyl sites for hydroxylation is 2. The summed E-state index contributed by atoms with van der Waals surface area (Å²) >= 11 is 0. The molecule has 7 heteroatoms. The summed E-state index contributed by atoms with van der Waals surface area (Å²) in [6, 6.07) is 0.0492. The van der Waals surface area contributed by atoms with Gasteiger partial charge in [0, 0.05) is 55.3 Å². The number of aliphatic hydroxyl groups is 1. The Balaban J connectivity index is 1.59. The number of ether oxygens (including phenoxy) is 2. The molecule has 3 aliphatic heterocycles. The Kier molecular flexibility index (Phi) is 4.33. The van der Waals surface area contributed by atoms with Crippen LogP contribution in [0.3, 0.4) is 0 Å². The van der Waals surface area contributed by atoms with E-state index in [1.165, 1.54) is 0 Å². The summed E-state index contributed by atoms with van der Waals surface area (Å²) in [6.07, 6.45) is 1.77. The Labute approximate surface area is 147 Å². The van der Waals surface area contributed by atoms with E-state index in [-0.39, 0.29) is 23.8 Å². The quantitative estimate of drug-likeness (QED) is 0.816. The van der Waals surface area contributed by atoms with E-state index in [4.69, 9.17) is 9.47 Å². The van der Waals surface area contributed by atoms with Gasteiger partial charge in [-0.1, -0.05) is 0 Å². The summed E-state index contributed by atoms with van der Waals surface area (Å²) in [7, 11) is 0. The number of nitrogens with zero attached hydrogens (tertiary/aromatic N) is 2. The molecule has 1 amide bonds. The molecule has 0 spiro atoms. The SMILES string of the molecule is Cc1n[nH]c(C)c1CC(=O)N1C[C@@H]2COCC[C@]2(O)[C@H]2COCC[C@H]21. The third kappa shape index (κ3) is 2.78. The van der Waals surface area contributed by atoms with Crippen molar-refractivity contribution < 1.29 is 19.4 Å². The van der Waals surface area contributed by atoms with Crippen molar-refractivity contribution in [2.45, 2.75) is 44.8 Å². The number of aromatic nitrogens is 2. The van der Waals surface area contributed by atoms with Gasteiger partial charge in [0.15, 0.2) is 0 Å². The summed E-state index contributed by atoms with van der Waals surface area (Å²) in [5.74, 6) is 0.0382. The molecule has 1 aromatic rings. The van der Waals surface area contributed by atoms with Crippen LogP contribution in [0.2, 0.25) is 0 Å². The molecule has 7 nitrogen and oxygen atoms in total. The van der Waals surface area contributed by atoms with Crippen LogP contribution in [0, 0.1) is 25.7 Å². The van der Waals surface area contributed by atoms with Crippen LogP contribution in [0.1, 0.15) is 29.8 Å². The van der Waals surface area contributed by atoms with Crippen molar-refractivity contribution >= 4 is 5.91 Å². The molecule has 1 aromatic heterocycles. The summed E-state index contributed by atoms with van der Waals surface area (Å²) in [5.41, 5.74) is 2.03. The third-order valence-electron chi connectivity index (χ3n) is 6.38. The normalized spacial score (nSPS) is 35.2. The van der Waals surface area contributed by atoms with Gasteiger partial charge in [-0.2, -0.15) is 5.10 Å². The second-order valence-electron chi connectivity index (χ2n) is 7.69. The first kappa shape index (κ1) is 17.0. The predicted octanol–water partition coefficient (Wildman–Crippen LogP) is 0.584. The molecule has 4 atom stereocenters. The van der Waals surface area contributed by atoms with Crippen molar-refractivity contribution in [2.75, 3.05) is 33.0 Å². The van der Waals surface area contributed by atoms with Gasteiger partial charge in [0.25, 0.3) is 0 Å². The van der Waals surface area contributed by atoms with Crippen molar-refractivity contribution in [3.63, 3.8) is 0 Å². The van der Waals surface area contributed by atoms with E-state index < -0.39 is 5.60 Å². The monoisotopic (exact) mass is 349 g/mol. The standard InChI is InChI=1S/C18H27N3O4/c1-11-14(12(2)20-19-11)7-17(22)21-8-13-9-25-6-4-18(13,23)15-10-24-5-3-16(15)21/h13,15-16,23H,3-10H2,1-2H3,(H,19,20)/t13-,15+,16-,18-/m1/s1. The first-order valence-electron chi connectivity index (χ1n) is 9.18. The molecule has 0 aliphatic carbocycles. The van der Waals surface area contributed by atoms with E-state index in [1.54, 1.807) is 0 Å². The minimum atomic E-state index is -0.776. The number of aromatic amines is 1. The zero-order valence-electron chi connectivity index (χ0n) is 15.0. The summed E-state index contributed by atoms with van der Waals surface area (Å²) in [5, 5.41) is 18.5. The molecule has 2 N–H and O–H groups in total. The van der Waals surface area contributed by atoms with Gasteiger partial charge in [0.2, 0.25) is 5.91 Å². The minimum Gasteiger partial charge on any atom is -0.389 e. The highest BCUT2D eigenvalue weighted by atomic mass is 16.5. The smallest absolute Gasteiger partial charge is 0.227 e. The van der Waals surface area contributed by atoms with Crippen LogP contribution < -0.4 is 0 Å². The number of amides is 1. The molecule has 4 rings (SSSR count). The average Bonchev–Trinajstić information content (AvgIpc) is 2.93. The number of fused-ring (bicyclic) bond motifs is 3. The number of likely N-dealkylation sites (tertiary alicyclic amines) is 1. The molecule has 3 fully saturated rings. The third-order valence-corrected chi connectivity index (χ3v) is 6.38. The fourth-order valence-electron chi connectivity index (χ4n) is 4.83. The van der Waals surface area contributed by atoms with Gasteiger partial charge in [-0.3, -0.25) is 9.89 Å². The van der Waals surface area contributed by atoms with Gasteiger partial charge in [0.05, 0.1) is 30.9 Å². The number of hydrogen-bond acceptors (Lipinski definition) is 5. The lowest BCUT2D eigenvalue weighted by Crippen LogP contribution is -2.69. The van der Waals surface area contributed by atoms with Gasteiger partial charge < -0.3 is 19.5 Å². The fourth-order valence-corrected chi connectivity index (χ4v) is 4.83. The van der Waals surface area contributed by atoms with Crippen LogP contribution >= 0.6 is 0 Å². The van der Waals surface area contributed by atoms with Crippen LogP contribution in [0.25, 0.3) is 0 Å². The number of H-pyrrole nitrogens is 1. The largest absolute Gasteiger partial charge is 0.389 e. The second kappa shape index (κ2) is 6.37. The zero-order valence-corrected chi connectivity index (χ0v) is 15.0. The number of carbonyl (C=O) groups is 1. The van der Waals surface area contributed by atoms with E-state index in [0.717, 1.165) is 23.4 Å². The molecular formula is C18H27N3O4. The molecule has 4 heterocycles. The van der Waals surface area contributed by atoms with Gasteiger partial charge in [-0.15, -0.1) is 0 Å². The second-order valence-corrected chi connectivity index (χ2v) is 7.69. The highest BCUT2D eigenvalue weighted by molar-refractivity contribution is 5.80. The zero-order chi connectivity index (χ0) is 17.6. The first-order valence-corrected chi connectivity index (χ1v) is 9.18. The van der Waals surface area contributed by atoms with Crippen molar-refractivity contribution in [2.24, 2.45) is 11.8 Å². The van der Waals surface area contributed by atoms with Gasteiger partial charge in [-0.05, 0) is 20.3 Å². The summed E-state index contributed by atoms with van der Waals surface area (Å²) in [4.78, 5) is 15.1. The lowest BCUT2D eigenvalue weighted by molar-refractivity contribution is -0.219. The Morgan fingerprint density at radius 2 is 2.16 bits per heavy atom. The number of nitrogens with one attached hydrogen (secondary N) is 1. The predicted molar refractivity (Wildman–Crippen MR) is 90.1 cm³/mol. The van der Waals surface area contributed by atoms with Crippen LogP contribution in [0.15, 0.2) is 0 Å². The number of rotatable bonds is 2. The maximum atomic E-state index is 13.1. The highest BCUT2D eigenvalue weighted by Crippen LogP contribution is 2.44. The highest BCUT2D eigenvalue weighted by Gasteiger charge is 2.56. The molecule has 0 bridgehead atoms. The Hall–Kier alpha value is -1.44. The molecule has 3 aliphatic rings. The average molecular weight is 349 g/mol. The van der Waals surface area contributed by atoms with E-state index in [2.05, 4.69) is 10.2 Å². The van der Waals surface area contributed by atoms with Crippen molar-refractivity contribution in [1.82, 2.24) is 15.1 Å². The lowest BCUT2D eigenvalue weighted by Gasteiger charge is -2.57. The van der Waals surface area contributed by atoms with E-state index in [1.807, 2.05) is 18.7 Å². The number of piperidine rings is 1. The summed E-state index contributed by atoms with van der Waals surface area (Å²) in [6.45, 7) is 6.69.